The normalized spacial score (nSPS) is 16.7. The van der Waals surface area contributed by atoms with Gasteiger partial charge in [-0.1, -0.05) is 48.0 Å². The van der Waals surface area contributed by atoms with E-state index in [-0.39, 0.29) is 23.6 Å². The van der Waals surface area contributed by atoms with E-state index in [0.29, 0.717) is 43.8 Å². The van der Waals surface area contributed by atoms with Crippen molar-refractivity contribution < 1.29 is 14.4 Å². The van der Waals surface area contributed by atoms with Crippen molar-refractivity contribution in [1.82, 2.24) is 14.8 Å². The molecule has 3 amide bonds. The number of nitrogens with one attached hydrogen (secondary N) is 1. The molecule has 45 heavy (non-hydrogen) atoms. The van der Waals surface area contributed by atoms with Gasteiger partial charge in [0.15, 0.2) is 0 Å². The third-order valence-electron chi connectivity index (χ3n) is 8.69. The Morgan fingerprint density at radius 3 is 2.40 bits per heavy atom. The fourth-order valence-corrected chi connectivity index (χ4v) is 6.63. The Kier molecular flexibility index (Phi) is 10.6. The van der Waals surface area contributed by atoms with Crippen molar-refractivity contribution in [2.45, 2.75) is 32.1 Å². The van der Waals surface area contributed by atoms with Crippen molar-refractivity contribution >= 4 is 45.9 Å². The molecule has 1 atom stereocenters. The van der Waals surface area contributed by atoms with E-state index in [1.807, 2.05) is 71.8 Å². The molecule has 4 aromatic rings. The zero-order chi connectivity index (χ0) is 31.9. The molecule has 1 aromatic heterocycles. The Balaban J connectivity index is 0.000000201. The van der Waals surface area contributed by atoms with Crippen LogP contribution in [0.3, 0.4) is 0 Å². The number of rotatable bonds is 7. The van der Waals surface area contributed by atoms with Crippen molar-refractivity contribution in [1.29, 1.82) is 0 Å². The van der Waals surface area contributed by atoms with Crippen LogP contribution in [0.1, 0.15) is 40.7 Å². The van der Waals surface area contributed by atoms with Gasteiger partial charge in [0, 0.05) is 71.9 Å². The Bertz CT molecular complexity index is 1630. The second-order valence-corrected chi connectivity index (χ2v) is 12.7. The summed E-state index contributed by atoms with van der Waals surface area (Å²) in [4.78, 5) is 45.5. The number of hydrogen-bond acceptors (Lipinski definition) is 4. The Labute approximate surface area is 270 Å². The van der Waals surface area contributed by atoms with Crippen molar-refractivity contribution in [3.8, 4) is 0 Å². The van der Waals surface area contributed by atoms with Crippen molar-refractivity contribution in [2.75, 3.05) is 45.2 Å². The van der Waals surface area contributed by atoms with Crippen molar-refractivity contribution in [3.63, 3.8) is 0 Å². The molecule has 0 radical (unpaired) electrons. The van der Waals surface area contributed by atoms with Gasteiger partial charge in [-0.05, 0) is 93.2 Å². The minimum Gasteiger partial charge on any atom is -0.369 e. The van der Waals surface area contributed by atoms with Crippen LogP contribution < -0.4 is 10.6 Å². The molecule has 2 aliphatic heterocycles. The van der Waals surface area contributed by atoms with Crippen LogP contribution in [-0.4, -0.2) is 72.8 Å². The molecule has 0 aliphatic carbocycles. The molecule has 236 valence electrons. The summed E-state index contributed by atoms with van der Waals surface area (Å²) in [7, 11) is 4.16. The number of aromatic nitrogens is 1. The summed E-state index contributed by atoms with van der Waals surface area (Å²) in [6, 6.07) is 23.3. The molecule has 1 fully saturated rings. The number of anilines is 1. The summed E-state index contributed by atoms with van der Waals surface area (Å²) in [5.41, 5.74) is 10.5. The smallest absolute Gasteiger partial charge is 0.253 e. The van der Waals surface area contributed by atoms with Crippen LogP contribution in [0.2, 0.25) is 5.02 Å². The van der Waals surface area contributed by atoms with E-state index in [0.717, 1.165) is 42.2 Å². The number of amides is 3. The van der Waals surface area contributed by atoms with Gasteiger partial charge in [-0.25, -0.2) is 0 Å². The van der Waals surface area contributed by atoms with E-state index in [1.54, 1.807) is 4.90 Å². The topological polar surface area (TPSA) is 103 Å². The predicted molar refractivity (Wildman–Crippen MR) is 180 cm³/mol. The highest BCUT2D eigenvalue weighted by molar-refractivity contribution is 6.30. The molecule has 3 N–H and O–H groups in total. The number of primary amides is 1. The highest BCUT2D eigenvalue weighted by Gasteiger charge is 2.29. The first-order chi connectivity index (χ1) is 21.7. The number of hydrogen-bond donors (Lipinski definition) is 2. The lowest BCUT2D eigenvalue weighted by molar-refractivity contribution is -0.123. The molecule has 2 aliphatic rings. The monoisotopic (exact) mass is 627 g/mol. The van der Waals surface area contributed by atoms with Crippen molar-refractivity contribution in [3.05, 3.63) is 101 Å². The molecule has 0 bridgehead atoms. The first kappa shape index (κ1) is 32.3. The molecule has 6 rings (SSSR count). The molecule has 1 saturated heterocycles. The fourth-order valence-electron chi connectivity index (χ4n) is 6.43. The lowest BCUT2D eigenvalue weighted by Crippen LogP contribution is -2.43. The Morgan fingerprint density at radius 2 is 1.69 bits per heavy atom. The molecule has 8 nitrogen and oxygen atoms in total. The van der Waals surface area contributed by atoms with Crippen LogP contribution in [0.5, 0.6) is 0 Å². The van der Waals surface area contributed by atoms with Gasteiger partial charge in [-0.15, -0.1) is 0 Å². The van der Waals surface area contributed by atoms with Gasteiger partial charge in [-0.3, -0.25) is 14.4 Å². The summed E-state index contributed by atoms with van der Waals surface area (Å²) in [5, 5.41) is 1.93. The molecule has 0 unspecified atom stereocenters. The van der Waals surface area contributed by atoms with Gasteiger partial charge in [0.25, 0.3) is 5.91 Å². The number of H-pyrrole nitrogens is 1. The zero-order valence-electron chi connectivity index (χ0n) is 26.0. The fraction of sp³-hybridized carbons (Fsp3) is 0.361. The van der Waals surface area contributed by atoms with Crippen LogP contribution in [-0.2, 0) is 22.4 Å². The van der Waals surface area contributed by atoms with Crippen molar-refractivity contribution in [2.24, 2.45) is 17.6 Å². The Morgan fingerprint density at radius 1 is 0.978 bits per heavy atom. The highest BCUT2D eigenvalue weighted by Crippen LogP contribution is 2.33. The minimum atomic E-state index is -0.253. The van der Waals surface area contributed by atoms with E-state index >= 15 is 0 Å². The van der Waals surface area contributed by atoms with Gasteiger partial charge in [0.05, 0.1) is 0 Å². The molecular weight excluding hydrogens is 586 g/mol. The number of fused-ring (bicyclic) bond motifs is 2. The first-order valence-electron chi connectivity index (χ1n) is 15.6. The van der Waals surface area contributed by atoms with Crippen LogP contribution in [0.15, 0.2) is 79.0 Å². The van der Waals surface area contributed by atoms with Crippen LogP contribution >= 0.6 is 11.6 Å². The zero-order valence-corrected chi connectivity index (χ0v) is 26.8. The van der Waals surface area contributed by atoms with Gasteiger partial charge < -0.3 is 25.4 Å². The quantitative estimate of drug-likeness (QED) is 0.281. The van der Waals surface area contributed by atoms with E-state index < -0.39 is 0 Å². The number of piperidine rings is 1. The molecule has 0 spiro atoms. The number of likely N-dealkylation sites (tertiary alicyclic amines) is 1. The van der Waals surface area contributed by atoms with E-state index in [1.165, 1.54) is 16.5 Å². The van der Waals surface area contributed by atoms with E-state index in [2.05, 4.69) is 36.1 Å². The standard InChI is InChI=1S/C23H26ClN3O.C13H16N2O2/c1-26(2)14-16-11-18-12-19(24)8-9-22(18)27(15-16)23(28)10-7-17-13-25-21-6-4-3-5-20(17)21;14-12(16)10-6-8-15(9-7-10)13(17)11-4-2-1-3-5-11/h3-6,8-9,12-13,16,25H,7,10-11,14-15H2,1-2H3;1-5,10H,6-9H2,(H2,14,16)/t16-;/m0./s1. The first-order valence-corrected chi connectivity index (χ1v) is 16.0. The van der Waals surface area contributed by atoms with E-state index in [4.69, 9.17) is 17.3 Å². The average molecular weight is 628 g/mol. The van der Waals surface area contributed by atoms with Gasteiger partial charge in [0.2, 0.25) is 11.8 Å². The summed E-state index contributed by atoms with van der Waals surface area (Å²) >= 11 is 6.22. The average Bonchev–Trinajstić information content (AvgIpc) is 3.46. The maximum absolute atomic E-state index is 13.2. The third kappa shape index (κ3) is 8.12. The Hall–Kier alpha value is -4.14. The SMILES string of the molecule is CN(C)C[C@@H]1Cc2cc(Cl)ccc2N(C(=O)CCc2c[nH]c3ccccc23)C1.NC(=O)C1CCN(C(=O)c2ccccc2)CC1. The largest absolute Gasteiger partial charge is 0.369 e. The van der Waals surface area contributed by atoms with E-state index in [9.17, 15) is 14.4 Å². The third-order valence-corrected chi connectivity index (χ3v) is 8.93. The highest BCUT2D eigenvalue weighted by atomic mass is 35.5. The van der Waals surface area contributed by atoms with Gasteiger partial charge in [-0.2, -0.15) is 0 Å². The summed E-state index contributed by atoms with van der Waals surface area (Å²) in [6.45, 7) is 2.94. The van der Waals surface area contributed by atoms with Crippen LogP contribution in [0, 0.1) is 11.8 Å². The summed E-state index contributed by atoms with van der Waals surface area (Å²) < 4.78 is 0. The second-order valence-electron chi connectivity index (χ2n) is 12.3. The lowest BCUT2D eigenvalue weighted by Gasteiger charge is -2.36. The number of nitrogens with two attached hydrogens (primary N) is 1. The summed E-state index contributed by atoms with van der Waals surface area (Å²) in [5.74, 6) is 0.301. The molecule has 3 aromatic carbocycles. The maximum Gasteiger partial charge on any atom is 0.253 e. The number of aryl methyl sites for hydroxylation is 1. The number of halogens is 1. The maximum atomic E-state index is 13.2. The number of para-hydroxylation sites is 1. The molecule has 0 saturated carbocycles. The lowest BCUT2D eigenvalue weighted by atomic mass is 9.91. The van der Waals surface area contributed by atoms with Gasteiger partial charge >= 0.3 is 0 Å². The molecular formula is C36H42ClN5O3. The predicted octanol–water partition coefficient (Wildman–Crippen LogP) is 5.55. The molecule has 9 heteroatoms. The minimum absolute atomic E-state index is 0.0357. The number of nitrogens with zero attached hydrogens (tertiary/aromatic N) is 3. The molecule has 3 heterocycles. The number of benzene rings is 3. The number of carbonyl (C=O) groups is 3. The summed E-state index contributed by atoms with van der Waals surface area (Å²) in [6.07, 6.45) is 5.57. The number of carbonyl (C=O) groups excluding carboxylic acids is 3. The number of aromatic amines is 1. The van der Waals surface area contributed by atoms with Gasteiger partial charge in [0.1, 0.15) is 0 Å². The second kappa shape index (κ2) is 14.8. The van der Waals surface area contributed by atoms with Crippen LogP contribution in [0.25, 0.3) is 10.9 Å². The van der Waals surface area contributed by atoms with Crippen LogP contribution in [0.4, 0.5) is 5.69 Å².